The summed E-state index contributed by atoms with van der Waals surface area (Å²) in [5.74, 6) is 4.19. The first-order valence-electron chi connectivity index (χ1n) is 13.3. The van der Waals surface area contributed by atoms with Crippen LogP contribution in [0.2, 0.25) is 0 Å². The zero-order chi connectivity index (χ0) is 21.6. The fourth-order valence-corrected chi connectivity index (χ4v) is 5.60. The van der Waals surface area contributed by atoms with Crippen LogP contribution < -0.4 is 0 Å². The highest BCUT2D eigenvalue weighted by Crippen LogP contribution is 2.48. The molecule has 0 heteroatoms. The van der Waals surface area contributed by atoms with Gasteiger partial charge in [-0.2, -0.15) is 0 Å². The molecule has 0 nitrogen and oxygen atoms in total. The maximum Gasteiger partial charge on any atom is -0.0272 e. The highest BCUT2D eigenvalue weighted by Gasteiger charge is 2.41. The van der Waals surface area contributed by atoms with Crippen LogP contribution in [0.25, 0.3) is 0 Å². The first-order chi connectivity index (χ1) is 13.3. The second-order valence-electron chi connectivity index (χ2n) is 10.7. The monoisotopic (exact) mass is 394 g/mol. The maximum absolute atomic E-state index is 2.62. The van der Waals surface area contributed by atoms with Gasteiger partial charge < -0.3 is 0 Å². The van der Waals surface area contributed by atoms with Crippen molar-refractivity contribution in [2.75, 3.05) is 0 Å². The molecule has 0 spiro atoms. The molecule has 0 aromatic rings. The summed E-state index contributed by atoms with van der Waals surface area (Å²) in [7, 11) is 0. The molecule has 0 aromatic heterocycles. The van der Waals surface area contributed by atoms with E-state index in [0.29, 0.717) is 5.41 Å². The van der Waals surface area contributed by atoms with Crippen molar-refractivity contribution in [3.8, 4) is 0 Å². The predicted octanol–water partition coefficient (Wildman–Crippen LogP) is 10.3. The van der Waals surface area contributed by atoms with E-state index in [1.54, 1.807) is 0 Å². The van der Waals surface area contributed by atoms with Crippen LogP contribution in [-0.4, -0.2) is 0 Å². The molecule has 0 heterocycles. The third kappa shape index (κ3) is 9.67. The number of unbranched alkanes of at least 4 members (excludes halogenated alkanes) is 8. The minimum Gasteiger partial charge on any atom is -0.0654 e. The van der Waals surface area contributed by atoms with Gasteiger partial charge in [-0.05, 0) is 41.4 Å². The molecular weight excluding hydrogens is 336 g/mol. The Morgan fingerprint density at radius 2 is 1.04 bits per heavy atom. The van der Waals surface area contributed by atoms with Gasteiger partial charge in [-0.3, -0.25) is 0 Å². The zero-order valence-electron chi connectivity index (χ0n) is 21.6. The van der Waals surface area contributed by atoms with E-state index < -0.39 is 0 Å². The zero-order valence-corrected chi connectivity index (χ0v) is 21.6. The van der Waals surface area contributed by atoms with Gasteiger partial charge >= 0.3 is 0 Å². The van der Waals surface area contributed by atoms with Gasteiger partial charge in [0.05, 0.1) is 0 Å². The molecule has 0 radical (unpaired) electrons. The largest absolute Gasteiger partial charge is 0.0654 e. The lowest BCUT2D eigenvalue weighted by molar-refractivity contribution is 0.0163. The van der Waals surface area contributed by atoms with Crippen LogP contribution in [0.5, 0.6) is 0 Å². The van der Waals surface area contributed by atoms with Gasteiger partial charge in [-0.1, -0.05) is 139 Å². The van der Waals surface area contributed by atoms with E-state index in [9.17, 15) is 0 Å². The summed E-state index contributed by atoms with van der Waals surface area (Å²) >= 11 is 0. The van der Waals surface area contributed by atoms with Crippen molar-refractivity contribution in [2.24, 2.45) is 35.0 Å². The van der Waals surface area contributed by atoms with Crippen molar-refractivity contribution in [1.82, 2.24) is 0 Å². The van der Waals surface area contributed by atoms with Crippen molar-refractivity contribution >= 4 is 0 Å². The minimum atomic E-state index is 0.471. The summed E-state index contributed by atoms with van der Waals surface area (Å²) < 4.78 is 0. The lowest BCUT2D eigenvalue weighted by atomic mass is 9.58. The second kappa shape index (κ2) is 15.8. The van der Waals surface area contributed by atoms with E-state index >= 15 is 0 Å². The Morgan fingerprint density at radius 1 is 0.571 bits per heavy atom. The van der Waals surface area contributed by atoms with E-state index in [0.717, 1.165) is 29.6 Å². The Labute approximate surface area is 181 Å². The van der Waals surface area contributed by atoms with E-state index in [1.807, 2.05) is 0 Å². The molecule has 0 fully saturated rings. The highest BCUT2D eigenvalue weighted by atomic mass is 14.5. The number of hydrogen-bond donors (Lipinski definition) is 0. The Morgan fingerprint density at radius 3 is 1.54 bits per heavy atom. The van der Waals surface area contributed by atoms with Crippen LogP contribution in [0, 0.1) is 35.0 Å². The fourth-order valence-electron chi connectivity index (χ4n) is 5.60. The van der Waals surface area contributed by atoms with E-state index in [4.69, 9.17) is 0 Å². The summed E-state index contributed by atoms with van der Waals surface area (Å²) in [5, 5.41) is 0. The lowest BCUT2D eigenvalue weighted by Crippen LogP contribution is -2.40. The Kier molecular flexibility index (Phi) is 15.8. The molecule has 0 aliphatic carbocycles. The van der Waals surface area contributed by atoms with Crippen molar-refractivity contribution in [3.05, 3.63) is 0 Å². The molecule has 0 amide bonds. The maximum atomic E-state index is 2.62. The molecule has 5 atom stereocenters. The van der Waals surface area contributed by atoms with Crippen LogP contribution in [0.3, 0.4) is 0 Å². The van der Waals surface area contributed by atoms with E-state index in [1.165, 1.54) is 83.5 Å². The average Bonchev–Trinajstić information content (AvgIpc) is 2.68. The van der Waals surface area contributed by atoms with E-state index in [-0.39, 0.29) is 0 Å². The van der Waals surface area contributed by atoms with Gasteiger partial charge in [-0.15, -0.1) is 0 Å². The normalized spacial score (nSPS) is 18.6. The third-order valence-electron chi connectivity index (χ3n) is 8.62. The van der Waals surface area contributed by atoms with Gasteiger partial charge in [-0.25, -0.2) is 0 Å². The Hall–Kier alpha value is 0. The first-order valence-corrected chi connectivity index (χ1v) is 13.3. The quantitative estimate of drug-likeness (QED) is 0.203. The SMILES string of the molecule is CCCCCCCCC(C)C(CCCCCC)C(C)C(C)(CC)C(C)C(C)C. The van der Waals surface area contributed by atoms with Crippen LogP contribution in [-0.2, 0) is 0 Å². The van der Waals surface area contributed by atoms with Gasteiger partial charge in [0.2, 0.25) is 0 Å². The van der Waals surface area contributed by atoms with Crippen molar-refractivity contribution in [1.29, 1.82) is 0 Å². The van der Waals surface area contributed by atoms with Gasteiger partial charge in [0, 0.05) is 0 Å². The predicted molar refractivity (Wildman–Crippen MR) is 131 cm³/mol. The molecule has 0 N–H and O–H groups in total. The molecule has 28 heavy (non-hydrogen) atoms. The van der Waals surface area contributed by atoms with Crippen LogP contribution in [0.15, 0.2) is 0 Å². The summed E-state index contributed by atoms with van der Waals surface area (Å²) in [4.78, 5) is 0. The highest BCUT2D eigenvalue weighted by molar-refractivity contribution is 4.90. The molecule has 0 rings (SSSR count). The van der Waals surface area contributed by atoms with Crippen LogP contribution >= 0.6 is 0 Å². The third-order valence-corrected chi connectivity index (χ3v) is 8.62. The van der Waals surface area contributed by atoms with E-state index in [2.05, 4.69) is 62.3 Å². The van der Waals surface area contributed by atoms with Crippen molar-refractivity contribution in [2.45, 2.75) is 146 Å². The molecule has 0 aliphatic heterocycles. The second-order valence-corrected chi connectivity index (χ2v) is 10.7. The van der Waals surface area contributed by atoms with Crippen molar-refractivity contribution < 1.29 is 0 Å². The van der Waals surface area contributed by atoms with Gasteiger partial charge in [0.15, 0.2) is 0 Å². The topological polar surface area (TPSA) is 0 Å². The molecule has 5 unspecified atom stereocenters. The molecule has 170 valence electrons. The number of rotatable bonds is 18. The summed E-state index contributed by atoms with van der Waals surface area (Å²) in [6, 6.07) is 0. The number of hydrogen-bond acceptors (Lipinski definition) is 0. The molecular formula is C28H58. The van der Waals surface area contributed by atoms with Crippen LogP contribution in [0.1, 0.15) is 146 Å². The summed E-state index contributed by atoms with van der Waals surface area (Å²) in [6.45, 7) is 22.3. The smallest absolute Gasteiger partial charge is 0.0272 e. The first kappa shape index (κ1) is 28.0. The van der Waals surface area contributed by atoms with Gasteiger partial charge in [0.25, 0.3) is 0 Å². The molecule has 0 aliphatic rings. The fraction of sp³-hybridized carbons (Fsp3) is 1.00. The van der Waals surface area contributed by atoms with Crippen LogP contribution in [0.4, 0.5) is 0 Å². The molecule has 0 saturated heterocycles. The Balaban J connectivity index is 5.00. The molecule has 0 aromatic carbocycles. The van der Waals surface area contributed by atoms with Gasteiger partial charge in [0.1, 0.15) is 0 Å². The summed E-state index contributed by atoms with van der Waals surface area (Å²) in [6.07, 6.45) is 18.5. The van der Waals surface area contributed by atoms with Crippen molar-refractivity contribution in [3.63, 3.8) is 0 Å². The molecule has 0 bridgehead atoms. The molecule has 0 saturated carbocycles. The Bertz CT molecular complexity index is 344. The lowest BCUT2D eigenvalue weighted by Gasteiger charge is -2.47. The minimum absolute atomic E-state index is 0.471. The average molecular weight is 395 g/mol. The standard InChI is InChI=1S/C28H58/c1-10-13-15-17-18-19-21-24(6)27(22-20-16-14-11-2)26(8)28(9,12-3)25(7)23(4)5/h23-27H,10-22H2,1-9H3. The summed E-state index contributed by atoms with van der Waals surface area (Å²) in [5.41, 5.74) is 0.471.